The van der Waals surface area contributed by atoms with Crippen LogP contribution in [0.2, 0.25) is 0 Å². The van der Waals surface area contributed by atoms with E-state index in [4.69, 9.17) is 9.47 Å². The summed E-state index contributed by atoms with van der Waals surface area (Å²) in [6, 6.07) is 2.12. The first-order valence-corrected chi connectivity index (χ1v) is 7.63. The van der Waals surface area contributed by atoms with E-state index in [1.165, 1.54) is 16.7 Å². The fraction of sp³-hybridized carbons (Fsp3) is 0.333. The van der Waals surface area contributed by atoms with Crippen molar-refractivity contribution >= 4 is 23.2 Å². The SMILES string of the molecule is CC1=CC(OC=C2C(=O)NC3c4ccsc4CC23)OC1=O. The molecule has 1 amide bonds. The summed E-state index contributed by atoms with van der Waals surface area (Å²) in [5.74, 6) is -0.371. The highest BCUT2D eigenvalue weighted by atomic mass is 32.1. The molecule has 0 bridgehead atoms. The number of rotatable bonds is 2. The number of hydrogen-bond donors (Lipinski definition) is 1. The van der Waals surface area contributed by atoms with E-state index in [-0.39, 0.29) is 23.8 Å². The number of esters is 1. The van der Waals surface area contributed by atoms with Crippen molar-refractivity contribution in [1.29, 1.82) is 0 Å². The van der Waals surface area contributed by atoms with Crippen LogP contribution < -0.4 is 5.32 Å². The number of fused-ring (bicyclic) bond motifs is 3. The predicted molar refractivity (Wildman–Crippen MR) is 75.2 cm³/mol. The first-order chi connectivity index (χ1) is 10.1. The van der Waals surface area contributed by atoms with Crippen LogP contribution in [0.1, 0.15) is 23.4 Å². The lowest BCUT2D eigenvalue weighted by atomic mass is 9.98. The van der Waals surface area contributed by atoms with Gasteiger partial charge < -0.3 is 14.8 Å². The van der Waals surface area contributed by atoms with Crippen LogP contribution in [0.15, 0.2) is 34.9 Å². The Morgan fingerprint density at radius 2 is 2.33 bits per heavy atom. The van der Waals surface area contributed by atoms with Gasteiger partial charge in [0.05, 0.1) is 17.9 Å². The van der Waals surface area contributed by atoms with Crippen molar-refractivity contribution in [2.75, 3.05) is 0 Å². The molecule has 6 heteroatoms. The molecule has 4 rings (SSSR count). The molecule has 1 aromatic heterocycles. The second-order valence-electron chi connectivity index (χ2n) is 5.39. The van der Waals surface area contributed by atoms with Crippen LogP contribution >= 0.6 is 11.3 Å². The molecule has 0 spiro atoms. The van der Waals surface area contributed by atoms with Gasteiger partial charge in [0.2, 0.25) is 0 Å². The number of amides is 1. The van der Waals surface area contributed by atoms with Crippen LogP contribution in [0.3, 0.4) is 0 Å². The zero-order valence-electron chi connectivity index (χ0n) is 11.3. The first kappa shape index (κ1) is 12.6. The Hall–Kier alpha value is -2.08. The Kier molecular flexibility index (Phi) is 2.68. The summed E-state index contributed by atoms with van der Waals surface area (Å²) in [5.41, 5.74) is 2.36. The molecule has 2 aliphatic heterocycles. The van der Waals surface area contributed by atoms with E-state index in [0.29, 0.717) is 11.1 Å². The molecule has 1 N–H and O–H groups in total. The summed E-state index contributed by atoms with van der Waals surface area (Å²) in [6.45, 7) is 1.67. The normalized spacial score (nSPS) is 31.8. The van der Waals surface area contributed by atoms with E-state index in [1.54, 1.807) is 24.3 Å². The van der Waals surface area contributed by atoms with Crippen molar-refractivity contribution in [3.05, 3.63) is 45.4 Å². The number of carbonyl (C=O) groups excluding carboxylic acids is 2. The molecule has 0 aromatic carbocycles. The van der Waals surface area contributed by atoms with Crippen molar-refractivity contribution in [2.45, 2.75) is 25.7 Å². The van der Waals surface area contributed by atoms with E-state index < -0.39 is 6.29 Å². The maximum absolute atomic E-state index is 12.1. The number of nitrogens with one attached hydrogen (secondary N) is 1. The quantitative estimate of drug-likeness (QED) is 0.514. The molecule has 1 aliphatic carbocycles. The average molecular weight is 303 g/mol. The molecule has 108 valence electrons. The molecule has 1 aromatic rings. The Labute approximate surface area is 125 Å². The van der Waals surface area contributed by atoms with Crippen LogP contribution in [0, 0.1) is 5.92 Å². The van der Waals surface area contributed by atoms with Crippen molar-refractivity contribution in [3.8, 4) is 0 Å². The van der Waals surface area contributed by atoms with Gasteiger partial charge in [-0.25, -0.2) is 4.79 Å². The van der Waals surface area contributed by atoms with Gasteiger partial charge >= 0.3 is 5.97 Å². The molecule has 0 radical (unpaired) electrons. The van der Waals surface area contributed by atoms with Crippen molar-refractivity contribution < 1.29 is 19.1 Å². The van der Waals surface area contributed by atoms with E-state index >= 15 is 0 Å². The molecule has 21 heavy (non-hydrogen) atoms. The summed E-state index contributed by atoms with van der Waals surface area (Å²) in [7, 11) is 0. The van der Waals surface area contributed by atoms with Crippen LogP contribution in [-0.2, 0) is 25.5 Å². The minimum atomic E-state index is -0.729. The minimum Gasteiger partial charge on any atom is -0.458 e. The standard InChI is InChI=1S/C15H13NO4S/c1-7-4-12(20-15(7)18)19-6-10-9-5-11-8(2-3-21-11)13(9)16-14(10)17/h2-4,6,9,12-13H,5H2,1H3,(H,16,17). The average Bonchev–Trinajstić information content (AvgIpc) is 3.13. The van der Waals surface area contributed by atoms with E-state index in [2.05, 4.69) is 16.8 Å². The maximum Gasteiger partial charge on any atom is 0.336 e. The monoisotopic (exact) mass is 303 g/mol. The fourth-order valence-electron chi connectivity index (χ4n) is 3.04. The van der Waals surface area contributed by atoms with Crippen LogP contribution in [0.5, 0.6) is 0 Å². The van der Waals surface area contributed by atoms with Gasteiger partial charge in [0, 0.05) is 22.4 Å². The van der Waals surface area contributed by atoms with Gasteiger partial charge in [0.15, 0.2) is 0 Å². The Balaban J connectivity index is 1.54. The van der Waals surface area contributed by atoms with Gasteiger partial charge in [-0.05, 0) is 30.4 Å². The molecule has 3 heterocycles. The van der Waals surface area contributed by atoms with Crippen molar-refractivity contribution in [3.63, 3.8) is 0 Å². The highest BCUT2D eigenvalue weighted by Gasteiger charge is 2.44. The van der Waals surface area contributed by atoms with Gasteiger partial charge in [-0.1, -0.05) is 0 Å². The van der Waals surface area contributed by atoms with Gasteiger partial charge in [0.25, 0.3) is 12.2 Å². The van der Waals surface area contributed by atoms with Crippen LogP contribution in [0.25, 0.3) is 0 Å². The summed E-state index contributed by atoms with van der Waals surface area (Å²) < 4.78 is 10.4. The summed E-state index contributed by atoms with van der Waals surface area (Å²) in [5, 5.41) is 5.05. The molecule has 3 aliphatic rings. The Morgan fingerprint density at radius 1 is 1.48 bits per heavy atom. The molecule has 3 atom stereocenters. The largest absolute Gasteiger partial charge is 0.458 e. The Morgan fingerprint density at radius 3 is 3.10 bits per heavy atom. The molecule has 1 fully saturated rings. The second kappa shape index (κ2) is 4.46. The maximum atomic E-state index is 12.1. The van der Waals surface area contributed by atoms with Gasteiger partial charge in [0.1, 0.15) is 0 Å². The molecular weight excluding hydrogens is 290 g/mol. The number of cyclic esters (lactones) is 1. The van der Waals surface area contributed by atoms with Crippen molar-refractivity contribution in [2.24, 2.45) is 5.92 Å². The smallest absolute Gasteiger partial charge is 0.336 e. The Bertz CT molecular complexity index is 702. The second-order valence-corrected chi connectivity index (χ2v) is 6.39. The predicted octanol–water partition coefficient (Wildman–Crippen LogP) is 1.82. The van der Waals surface area contributed by atoms with Crippen LogP contribution in [0.4, 0.5) is 0 Å². The molecular formula is C15H13NO4S. The number of ether oxygens (including phenoxy) is 2. The van der Waals surface area contributed by atoms with Gasteiger partial charge in [-0.15, -0.1) is 11.3 Å². The van der Waals surface area contributed by atoms with Gasteiger partial charge in [-0.3, -0.25) is 4.79 Å². The lowest BCUT2D eigenvalue weighted by Crippen LogP contribution is -2.18. The van der Waals surface area contributed by atoms with E-state index in [1.807, 2.05) is 0 Å². The van der Waals surface area contributed by atoms with E-state index in [0.717, 1.165) is 6.42 Å². The number of hydrogen-bond acceptors (Lipinski definition) is 5. The van der Waals surface area contributed by atoms with Crippen molar-refractivity contribution in [1.82, 2.24) is 5.32 Å². The summed E-state index contributed by atoms with van der Waals surface area (Å²) in [4.78, 5) is 24.7. The third kappa shape index (κ3) is 1.90. The lowest BCUT2D eigenvalue weighted by Gasteiger charge is -2.11. The summed E-state index contributed by atoms with van der Waals surface area (Å²) >= 11 is 1.72. The van der Waals surface area contributed by atoms with E-state index in [9.17, 15) is 9.59 Å². The number of carbonyl (C=O) groups is 2. The zero-order chi connectivity index (χ0) is 14.6. The molecule has 3 unspecified atom stereocenters. The molecule has 1 saturated heterocycles. The molecule has 0 saturated carbocycles. The zero-order valence-corrected chi connectivity index (χ0v) is 12.1. The number of thiophene rings is 1. The highest BCUT2D eigenvalue weighted by molar-refractivity contribution is 7.10. The third-order valence-corrected chi connectivity index (χ3v) is 5.09. The molecule has 5 nitrogen and oxygen atoms in total. The first-order valence-electron chi connectivity index (χ1n) is 6.75. The minimum absolute atomic E-state index is 0.0528. The van der Waals surface area contributed by atoms with Gasteiger partial charge in [-0.2, -0.15) is 0 Å². The fourth-order valence-corrected chi connectivity index (χ4v) is 4.03. The topological polar surface area (TPSA) is 64.6 Å². The van der Waals surface area contributed by atoms with Crippen LogP contribution in [-0.4, -0.2) is 18.2 Å². The highest BCUT2D eigenvalue weighted by Crippen LogP contribution is 2.46. The summed E-state index contributed by atoms with van der Waals surface area (Å²) in [6.07, 6.45) is 3.18. The third-order valence-electron chi connectivity index (χ3n) is 4.13. The lowest BCUT2D eigenvalue weighted by molar-refractivity contribution is -0.152.